The van der Waals surface area contributed by atoms with Gasteiger partial charge in [0.15, 0.2) is 5.78 Å². The van der Waals surface area contributed by atoms with E-state index in [1.807, 2.05) is 6.08 Å². The SMILES string of the molecule is CC1(C)C(=O)C=C[C@]2(C)[C@H]3CC[C@@]4(C)[C@H](C5COC(=O)C5)CC[C@]4(C)C3=CC[C@@H]12. The number of rotatable bonds is 1. The summed E-state index contributed by atoms with van der Waals surface area (Å²) in [5.41, 5.74) is 1.87. The standard InChI is InChI=1S/C26H36O3/c1-23(2)20-7-6-19-18(24(20,3)11-10-21(23)27)9-13-25(4)17(8-12-26(19,25)5)16-14-22(28)29-15-16/h6,10-11,16-18,20H,7-9,12-15H2,1-5H3/t16?,17-,18-,20-,24+,25-,26+/m0/s1. The summed E-state index contributed by atoms with van der Waals surface area (Å²) in [6.07, 6.45) is 13.1. The number of esters is 1. The van der Waals surface area contributed by atoms with Crippen LogP contribution < -0.4 is 0 Å². The summed E-state index contributed by atoms with van der Waals surface area (Å²) in [6, 6.07) is 0. The fourth-order valence-corrected chi connectivity index (χ4v) is 8.62. The fraction of sp³-hybridized carbons (Fsp3) is 0.769. The van der Waals surface area contributed by atoms with E-state index in [0.29, 0.717) is 36.7 Å². The molecule has 0 bridgehead atoms. The van der Waals surface area contributed by atoms with Gasteiger partial charge in [-0.2, -0.15) is 0 Å². The van der Waals surface area contributed by atoms with Crippen LogP contribution in [0.25, 0.3) is 0 Å². The van der Waals surface area contributed by atoms with Crippen LogP contribution in [0.2, 0.25) is 0 Å². The molecule has 1 aliphatic heterocycles. The minimum absolute atomic E-state index is 0.00707. The molecule has 5 aliphatic rings. The molecule has 158 valence electrons. The minimum Gasteiger partial charge on any atom is -0.465 e. The highest BCUT2D eigenvalue weighted by molar-refractivity contribution is 5.95. The van der Waals surface area contributed by atoms with Gasteiger partial charge in [-0.1, -0.05) is 52.3 Å². The lowest BCUT2D eigenvalue weighted by molar-refractivity contribution is -0.138. The van der Waals surface area contributed by atoms with Crippen molar-refractivity contribution < 1.29 is 14.3 Å². The highest BCUT2D eigenvalue weighted by Crippen LogP contribution is 2.72. The van der Waals surface area contributed by atoms with E-state index in [0.717, 1.165) is 6.42 Å². The lowest BCUT2D eigenvalue weighted by Crippen LogP contribution is -2.55. The molecule has 0 radical (unpaired) electrons. The maximum absolute atomic E-state index is 12.6. The second kappa shape index (κ2) is 5.86. The Kier molecular flexibility index (Phi) is 3.95. The maximum Gasteiger partial charge on any atom is 0.306 e. The molecule has 0 spiro atoms. The smallest absolute Gasteiger partial charge is 0.306 e. The van der Waals surface area contributed by atoms with E-state index in [1.54, 1.807) is 5.57 Å². The van der Waals surface area contributed by atoms with E-state index in [2.05, 4.69) is 46.8 Å². The number of hydrogen-bond acceptors (Lipinski definition) is 3. The van der Waals surface area contributed by atoms with Crippen LogP contribution in [-0.2, 0) is 14.3 Å². The largest absolute Gasteiger partial charge is 0.465 e. The highest BCUT2D eigenvalue weighted by atomic mass is 16.5. The Morgan fingerprint density at radius 1 is 1.03 bits per heavy atom. The Morgan fingerprint density at radius 3 is 2.48 bits per heavy atom. The van der Waals surface area contributed by atoms with Gasteiger partial charge in [0.1, 0.15) is 0 Å². The number of allylic oxidation sites excluding steroid dienone is 4. The van der Waals surface area contributed by atoms with Crippen molar-refractivity contribution >= 4 is 11.8 Å². The summed E-state index contributed by atoms with van der Waals surface area (Å²) in [7, 11) is 0. The Labute approximate surface area is 175 Å². The first-order valence-electron chi connectivity index (χ1n) is 11.6. The molecule has 2 saturated carbocycles. The zero-order chi connectivity index (χ0) is 20.8. The van der Waals surface area contributed by atoms with Crippen LogP contribution in [0, 0.1) is 45.3 Å². The van der Waals surface area contributed by atoms with Crippen molar-refractivity contribution in [2.45, 2.75) is 73.1 Å². The fourth-order valence-electron chi connectivity index (χ4n) is 8.62. The van der Waals surface area contributed by atoms with Crippen LogP contribution in [0.15, 0.2) is 23.8 Å². The van der Waals surface area contributed by atoms with E-state index < -0.39 is 0 Å². The van der Waals surface area contributed by atoms with Gasteiger partial charge < -0.3 is 4.74 Å². The van der Waals surface area contributed by atoms with Gasteiger partial charge in [-0.15, -0.1) is 0 Å². The summed E-state index contributed by atoms with van der Waals surface area (Å²) in [5.74, 6) is 2.16. The number of ether oxygens (including phenoxy) is 1. The average molecular weight is 397 g/mol. The summed E-state index contributed by atoms with van der Waals surface area (Å²) < 4.78 is 5.37. The average Bonchev–Trinajstić information content (AvgIpc) is 3.19. The molecule has 5 rings (SSSR count). The zero-order valence-electron chi connectivity index (χ0n) is 18.7. The number of fused-ring (bicyclic) bond motifs is 5. The molecular weight excluding hydrogens is 360 g/mol. The van der Waals surface area contributed by atoms with Gasteiger partial charge in [-0.05, 0) is 72.2 Å². The van der Waals surface area contributed by atoms with Crippen molar-refractivity contribution in [1.82, 2.24) is 0 Å². The van der Waals surface area contributed by atoms with Crippen LogP contribution in [-0.4, -0.2) is 18.4 Å². The number of hydrogen-bond donors (Lipinski definition) is 0. The molecule has 3 heteroatoms. The molecule has 3 nitrogen and oxygen atoms in total. The van der Waals surface area contributed by atoms with E-state index in [9.17, 15) is 9.59 Å². The van der Waals surface area contributed by atoms with Gasteiger partial charge in [-0.3, -0.25) is 9.59 Å². The van der Waals surface area contributed by atoms with Gasteiger partial charge in [0.05, 0.1) is 13.0 Å². The molecule has 1 heterocycles. The first kappa shape index (κ1) is 19.6. The van der Waals surface area contributed by atoms with E-state index in [1.165, 1.54) is 25.7 Å². The van der Waals surface area contributed by atoms with Crippen molar-refractivity contribution in [2.75, 3.05) is 6.61 Å². The molecule has 0 aromatic rings. The van der Waals surface area contributed by atoms with Gasteiger partial charge >= 0.3 is 5.97 Å². The zero-order valence-corrected chi connectivity index (χ0v) is 18.7. The maximum atomic E-state index is 12.6. The molecule has 29 heavy (non-hydrogen) atoms. The minimum atomic E-state index is -0.285. The van der Waals surface area contributed by atoms with E-state index >= 15 is 0 Å². The van der Waals surface area contributed by atoms with Gasteiger partial charge in [0.2, 0.25) is 0 Å². The van der Waals surface area contributed by atoms with Gasteiger partial charge in [0, 0.05) is 11.3 Å². The van der Waals surface area contributed by atoms with Crippen molar-refractivity contribution in [3.05, 3.63) is 23.8 Å². The molecule has 0 amide bonds. The summed E-state index contributed by atoms with van der Waals surface area (Å²) in [6.45, 7) is 12.4. The molecule has 0 N–H and O–H groups in total. The molecular formula is C26H36O3. The summed E-state index contributed by atoms with van der Waals surface area (Å²) in [4.78, 5) is 24.4. The molecule has 0 aromatic heterocycles. The molecule has 1 saturated heterocycles. The molecule has 1 unspecified atom stereocenters. The Bertz CT molecular complexity index is 835. The van der Waals surface area contributed by atoms with Crippen LogP contribution in [0.5, 0.6) is 0 Å². The van der Waals surface area contributed by atoms with Gasteiger partial charge in [0.25, 0.3) is 0 Å². The first-order chi connectivity index (χ1) is 13.5. The molecule has 3 fully saturated rings. The van der Waals surface area contributed by atoms with E-state index in [4.69, 9.17) is 4.74 Å². The normalized spacial score (nSPS) is 50.4. The van der Waals surface area contributed by atoms with E-state index in [-0.39, 0.29) is 33.4 Å². The van der Waals surface area contributed by atoms with Crippen LogP contribution in [0.4, 0.5) is 0 Å². The number of cyclic esters (lactones) is 1. The molecule has 0 aromatic carbocycles. The summed E-state index contributed by atoms with van der Waals surface area (Å²) in [5, 5.41) is 0. The predicted molar refractivity (Wildman–Crippen MR) is 113 cm³/mol. The second-order valence-electron chi connectivity index (χ2n) is 11.9. The van der Waals surface area contributed by atoms with Crippen molar-refractivity contribution in [3.8, 4) is 0 Å². The third kappa shape index (κ3) is 2.31. The number of carbonyl (C=O) groups is 2. The Balaban J connectivity index is 1.53. The lowest BCUT2D eigenvalue weighted by atomic mass is 9.42. The van der Waals surface area contributed by atoms with Crippen LogP contribution >= 0.6 is 0 Å². The topological polar surface area (TPSA) is 43.4 Å². The van der Waals surface area contributed by atoms with Crippen LogP contribution in [0.1, 0.15) is 73.1 Å². The monoisotopic (exact) mass is 396 g/mol. The highest BCUT2D eigenvalue weighted by Gasteiger charge is 2.65. The lowest BCUT2D eigenvalue weighted by Gasteiger charge is -2.61. The predicted octanol–water partition coefficient (Wildman–Crippen LogP) is 5.50. The first-order valence-corrected chi connectivity index (χ1v) is 11.6. The third-order valence-electron chi connectivity index (χ3n) is 10.6. The molecule has 4 aliphatic carbocycles. The number of carbonyl (C=O) groups excluding carboxylic acids is 2. The second-order valence-corrected chi connectivity index (χ2v) is 11.9. The van der Waals surface area contributed by atoms with Crippen LogP contribution in [0.3, 0.4) is 0 Å². The van der Waals surface area contributed by atoms with Crippen molar-refractivity contribution in [2.24, 2.45) is 45.3 Å². The Hall–Kier alpha value is -1.38. The Morgan fingerprint density at radius 2 is 1.79 bits per heavy atom. The van der Waals surface area contributed by atoms with Gasteiger partial charge in [-0.25, -0.2) is 0 Å². The summed E-state index contributed by atoms with van der Waals surface area (Å²) >= 11 is 0. The van der Waals surface area contributed by atoms with Crippen molar-refractivity contribution in [3.63, 3.8) is 0 Å². The third-order valence-corrected chi connectivity index (χ3v) is 10.6. The van der Waals surface area contributed by atoms with Crippen molar-refractivity contribution in [1.29, 1.82) is 0 Å². The quantitative estimate of drug-likeness (QED) is 0.434. The molecule has 7 atom stereocenters. The number of ketones is 1.